The minimum Gasteiger partial charge on any atom is -0.493 e. The number of halogens is 1. The monoisotopic (exact) mass is 225 g/mol. The van der Waals surface area contributed by atoms with Gasteiger partial charge in [-0.05, 0) is 19.2 Å². The molecular formula is C12H16FNO2. The van der Waals surface area contributed by atoms with Gasteiger partial charge in [-0.1, -0.05) is 0 Å². The predicted octanol–water partition coefficient (Wildman–Crippen LogP) is 2.08. The largest absolute Gasteiger partial charge is 0.493 e. The highest BCUT2D eigenvalue weighted by Crippen LogP contribution is 2.34. The van der Waals surface area contributed by atoms with Gasteiger partial charge in [0.1, 0.15) is 18.1 Å². The molecule has 16 heavy (non-hydrogen) atoms. The highest BCUT2D eigenvalue weighted by atomic mass is 19.1. The van der Waals surface area contributed by atoms with Gasteiger partial charge in [-0.3, -0.25) is 4.39 Å². The molecule has 2 rings (SSSR count). The quantitative estimate of drug-likeness (QED) is 0.778. The molecule has 88 valence electrons. The maximum Gasteiger partial charge on any atom is 0.127 e. The molecule has 0 aromatic heterocycles. The van der Waals surface area contributed by atoms with Gasteiger partial charge in [0.15, 0.2) is 0 Å². The Morgan fingerprint density at radius 3 is 3.19 bits per heavy atom. The molecule has 0 saturated heterocycles. The first-order valence-electron chi connectivity index (χ1n) is 5.48. The van der Waals surface area contributed by atoms with E-state index in [2.05, 4.69) is 5.32 Å². The van der Waals surface area contributed by atoms with Crippen molar-refractivity contribution >= 4 is 0 Å². The summed E-state index contributed by atoms with van der Waals surface area (Å²) in [5.74, 6) is 1.60. The van der Waals surface area contributed by atoms with E-state index in [1.54, 1.807) is 0 Å². The first-order valence-corrected chi connectivity index (χ1v) is 5.48. The van der Waals surface area contributed by atoms with E-state index in [-0.39, 0.29) is 12.7 Å². The lowest BCUT2D eigenvalue weighted by Gasteiger charge is -2.08. The van der Waals surface area contributed by atoms with Crippen LogP contribution >= 0.6 is 0 Å². The molecule has 0 spiro atoms. The van der Waals surface area contributed by atoms with Gasteiger partial charge in [-0.15, -0.1) is 0 Å². The third kappa shape index (κ3) is 2.27. The summed E-state index contributed by atoms with van der Waals surface area (Å²) in [5.41, 5.74) is 1.15. The Bertz CT molecular complexity index is 357. The maximum absolute atomic E-state index is 11.9. The standard InChI is InChI=1S/C12H16FNO2/c1-14-11-8-16-12-7-9(3-4-10(11)12)15-6-2-5-13/h3-4,7,11,14H,2,5-6,8H2,1H3. The molecule has 1 heterocycles. The molecule has 0 amide bonds. The van der Waals surface area contributed by atoms with E-state index < -0.39 is 0 Å². The average molecular weight is 225 g/mol. The molecule has 1 unspecified atom stereocenters. The summed E-state index contributed by atoms with van der Waals surface area (Å²) in [7, 11) is 1.91. The van der Waals surface area contributed by atoms with E-state index >= 15 is 0 Å². The fourth-order valence-corrected chi connectivity index (χ4v) is 1.76. The smallest absolute Gasteiger partial charge is 0.127 e. The van der Waals surface area contributed by atoms with Crippen LogP contribution in [0.2, 0.25) is 0 Å². The number of likely N-dealkylation sites (N-methyl/N-ethyl adjacent to an activating group) is 1. The van der Waals surface area contributed by atoms with Crippen LogP contribution in [0.4, 0.5) is 4.39 Å². The molecule has 1 aromatic carbocycles. The first kappa shape index (κ1) is 11.2. The Morgan fingerprint density at radius 1 is 1.56 bits per heavy atom. The van der Waals surface area contributed by atoms with Crippen molar-refractivity contribution in [1.82, 2.24) is 5.32 Å². The molecule has 4 heteroatoms. The number of fused-ring (bicyclic) bond motifs is 1. The average Bonchev–Trinajstić information content (AvgIpc) is 2.71. The second-order valence-corrected chi connectivity index (χ2v) is 3.74. The SMILES string of the molecule is CNC1COc2cc(OCCCF)ccc21. The number of benzene rings is 1. The number of hydrogen-bond donors (Lipinski definition) is 1. The summed E-state index contributed by atoms with van der Waals surface area (Å²) in [6.07, 6.45) is 0.428. The lowest BCUT2D eigenvalue weighted by atomic mass is 10.1. The second kappa shape index (κ2) is 5.16. The molecule has 1 aliphatic heterocycles. The van der Waals surface area contributed by atoms with Crippen LogP contribution in [0.3, 0.4) is 0 Å². The summed E-state index contributed by atoms with van der Waals surface area (Å²) >= 11 is 0. The molecule has 0 bridgehead atoms. The van der Waals surface area contributed by atoms with Crippen molar-refractivity contribution in [1.29, 1.82) is 0 Å². The van der Waals surface area contributed by atoms with Gasteiger partial charge >= 0.3 is 0 Å². The van der Waals surface area contributed by atoms with Crippen molar-refractivity contribution in [2.45, 2.75) is 12.5 Å². The second-order valence-electron chi connectivity index (χ2n) is 3.74. The van der Waals surface area contributed by atoms with Crippen LogP contribution in [-0.2, 0) is 0 Å². The Kier molecular flexibility index (Phi) is 3.62. The number of hydrogen-bond acceptors (Lipinski definition) is 3. The van der Waals surface area contributed by atoms with Gasteiger partial charge in [-0.25, -0.2) is 0 Å². The van der Waals surface area contributed by atoms with E-state index in [0.717, 1.165) is 17.1 Å². The van der Waals surface area contributed by atoms with Crippen molar-refractivity contribution in [2.75, 3.05) is 26.9 Å². The van der Waals surface area contributed by atoms with E-state index in [0.29, 0.717) is 19.6 Å². The Balaban J connectivity index is 2.03. The van der Waals surface area contributed by atoms with Crippen molar-refractivity contribution in [2.24, 2.45) is 0 Å². The van der Waals surface area contributed by atoms with Gasteiger partial charge in [0.05, 0.1) is 19.3 Å². The summed E-state index contributed by atoms with van der Waals surface area (Å²) in [4.78, 5) is 0. The van der Waals surface area contributed by atoms with Crippen molar-refractivity contribution in [3.05, 3.63) is 23.8 Å². The number of alkyl halides is 1. The summed E-state index contributed by atoms with van der Waals surface area (Å²) in [5, 5.41) is 3.18. The molecule has 0 fully saturated rings. The third-order valence-electron chi connectivity index (χ3n) is 2.66. The molecule has 0 aliphatic carbocycles. The Labute approximate surface area is 94.6 Å². The van der Waals surface area contributed by atoms with E-state index in [1.807, 2.05) is 25.2 Å². The minimum absolute atomic E-state index is 0.259. The van der Waals surface area contributed by atoms with Crippen LogP contribution in [0.1, 0.15) is 18.0 Å². The minimum atomic E-state index is -0.344. The Hall–Kier alpha value is -1.29. The van der Waals surface area contributed by atoms with E-state index in [1.165, 1.54) is 0 Å². The van der Waals surface area contributed by atoms with Crippen molar-refractivity contribution in [3.63, 3.8) is 0 Å². The van der Waals surface area contributed by atoms with E-state index in [4.69, 9.17) is 9.47 Å². The van der Waals surface area contributed by atoms with Crippen LogP contribution in [0, 0.1) is 0 Å². The van der Waals surface area contributed by atoms with Crippen molar-refractivity contribution < 1.29 is 13.9 Å². The molecule has 1 aliphatic rings. The molecule has 1 N–H and O–H groups in total. The highest BCUT2D eigenvalue weighted by Gasteiger charge is 2.22. The van der Waals surface area contributed by atoms with Crippen LogP contribution in [0.25, 0.3) is 0 Å². The molecular weight excluding hydrogens is 209 g/mol. The molecule has 1 atom stereocenters. The molecule has 1 aromatic rings. The van der Waals surface area contributed by atoms with Crippen LogP contribution in [0.15, 0.2) is 18.2 Å². The molecule has 3 nitrogen and oxygen atoms in total. The zero-order valence-corrected chi connectivity index (χ0v) is 9.33. The molecule has 0 saturated carbocycles. The zero-order chi connectivity index (χ0) is 11.4. The van der Waals surface area contributed by atoms with Crippen LogP contribution in [-0.4, -0.2) is 26.9 Å². The third-order valence-corrected chi connectivity index (χ3v) is 2.66. The van der Waals surface area contributed by atoms with E-state index in [9.17, 15) is 4.39 Å². The summed E-state index contributed by atoms with van der Waals surface area (Å²) < 4.78 is 22.8. The van der Waals surface area contributed by atoms with Gasteiger partial charge < -0.3 is 14.8 Å². The summed E-state index contributed by atoms with van der Waals surface area (Å²) in [6.45, 7) is 0.716. The van der Waals surface area contributed by atoms with Gasteiger partial charge in [0.25, 0.3) is 0 Å². The topological polar surface area (TPSA) is 30.5 Å². The van der Waals surface area contributed by atoms with Crippen LogP contribution < -0.4 is 14.8 Å². The zero-order valence-electron chi connectivity index (χ0n) is 9.33. The Morgan fingerprint density at radius 2 is 2.44 bits per heavy atom. The number of rotatable bonds is 5. The normalized spacial score (nSPS) is 18.0. The number of ether oxygens (including phenoxy) is 2. The van der Waals surface area contributed by atoms with Gasteiger partial charge in [0.2, 0.25) is 0 Å². The van der Waals surface area contributed by atoms with Gasteiger partial charge in [-0.2, -0.15) is 0 Å². The first-order chi connectivity index (χ1) is 7.85. The van der Waals surface area contributed by atoms with Crippen molar-refractivity contribution in [3.8, 4) is 11.5 Å². The molecule has 0 radical (unpaired) electrons. The highest BCUT2D eigenvalue weighted by molar-refractivity contribution is 5.44. The predicted molar refractivity (Wildman–Crippen MR) is 59.8 cm³/mol. The fourth-order valence-electron chi connectivity index (χ4n) is 1.76. The lowest BCUT2D eigenvalue weighted by molar-refractivity contribution is 0.286. The maximum atomic E-state index is 11.9. The van der Waals surface area contributed by atoms with Gasteiger partial charge in [0, 0.05) is 18.1 Å². The fraction of sp³-hybridized carbons (Fsp3) is 0.500. The summed E-state index contributed by atoms with van der Waals surface area (Å²) in [6, 6.07) is 6.02. The lowest BCUT2D eigenvalue weighted by Crippen LogP contribution is -2.17. The number of nitrogens with one attached hydrogen (secondary N) is 1. The van der Waals surface area contributed by atoms with Crippen LogP contribution in [0.5, 0.6) is 11.5 Å².